The van der Waals surface area contributed by atoms with Crippen molar-refractivity contribution in [1.82, 2.24) is 9.55 Å². The van der Waals surface area contributed by atoms with E-state index < -0.39 is 12.2 Å². The molecule has 8 heteroatoms. The van der Waals surface area contributed by atoms with Crippen LogP contribution in [0.15, 0.2) is 91.1 Å². The van der Waals surface area contributed by atoms with Gasteiger partial charge in [-0.1, -0.05) is 42.5 Å². The highest BCUT2D eigenvalue weighted by molar-refractivity contribution is 6.02. The third-order valence-corrected chi connectivity index (χ3v) is 6.32. The lowest BCUT2D eigenvalue weighted by molar-refractivity contribution is -0.147. The minimum absolute atomic E-state index is 0.0252. The number of para-hydroxylation sites is 1. The van der Waals surface area contributed by atoms with E-state index in [0.29, 0.717) is 12.1 Å². The summed E-state index contributed by atoms with van der Waals surface area (Å²) in [6.45, 7) is 1.77. The first kappa shape index (κ1) is 24.4. The van der Waals surface area contributed by atoms with Gasteiger partial charge in [-0.2, -0.15) is 0 Å². The molecule has 3 heterocycles. The van der Waals surface area contributed by atoms with Crippen LogP contribution in [0, 0.1) is 0 Å². The SMILES string of the molecule is CC(=O)n1cc([C@H]2C=C(C(=O)Nc3cccnc3)O[C@@H](OCc3ccc(CO)cc3)C2)c2ccccc21. The fourth-order valence-electron chi connectivity index (χ4n) is 4.46. The van der Waals surface area contributed by atoms with Crippen molar-refractivity contribution in [3.05, 3.63) is 108 Å². The monoisotopic (exact) mass is 497 g/mol. The number of aromatic nitrogens is 2. The van der Waals surface area contributed by atoms with E-state index in [2.05, 4.69) is 10.3 Å². The van der Waals surface area contributed by atoms with Crippen molar-refractivity contribution in [2.24, 2.45) is 0 Å². The Morgan fingerprint density at radius 3 is 2.62 bits per heavy atom. The van der Waals surface area contributed by atoms with Crippen molar-refractivity contribution in [3.63, 3.8) is 0 Å². The summed E-state index contributed by atoms with van der Waals surface area (Å²) in [5, 5.41) is 13.0. The summed E-state index contributed by atoms with van der Waals surface area (Å²) < 4.78 is 13.7. The van der Waals surface area contributed by atoms with E-state index in [-0.39, 0.29) is 30.8 Å². The number of aliphatic hydroxyl groups is 1. The van der Waals surface area contributed by atoms with Crippen molar-refractivity contribution in [1.29, 1.82) is 0 Å². The van der Waals surface area contributed by atoms with Crippen molar-refractivity contribution in [2.75, 3.05) is 5.32 Å². The number of aliphatic hydroxyl groups excluding tert-OH is 1. The molecule has 2 aromatic carbocycles. The fraction of sp³-hybridized carbons (Fsp3) is 0.207. The highest BCUT2D eigenvalue weighted by Gasteiger charge is 2.31. The van der Waals surface area contributed by atoms with Crippen molar-refractivity contribution in [2.45, 2.75) is 38.8 Å². The summed E-state index contributed by atoms with van der Waals surface area (Å²) in [7, 11) is 0. The van der Waals surface area contributed by atoms with Crippen LogP contribution < -0.4 is 5.32 Å². The standard InChI is InChI=1S/C29H27N3O5/c1-19(34)32-16-25(24-6-2-3-7-26(24)32)22-13-27(29(35)31-23-5-4-12-30-15-23)37-28(14-22)36-18-21-10-8-20(17-33)9-11-21/h2-13,15-16,22,28,33H,14,17-18H2,1H3,(H,31,35)/t22-,28+/m0/s1. The van der Waals surface area contributed by atoms with Gasteiger partial charge in [0, 0.05) is 37.0 Å². The van der Waals surface area contributed by atoms with Gasteiger partial charge in [-0.15, -0.1) is 0 Å². The lowest BCUT2D eigenvalue weighted by atomic mass is 9.92. The Morgan fingerprint density at radius 2 is 1.89 bits per heavy atom. The molecule has 2 N–H and O–H groups in total. The second-order valence-corrected chi connectivity index (χ2v) is 8.89. The molecule has 2 aromatic heterocycles. The molecule has 37 heavy (non-hydrogen) atoms. The molecule has 188 valence electrons. The Labute approximate surface area is 214 Å². The Balaban J connectivity index is 1.44. The van der Waals surface area contributed by atoms with Gasteiger partial charge in [0.1, 0.15) is 0 Å². The van der Waals surface area contributed by atoms with E-state index in [1.54, 1.807) is 35.2 Å². The summed E-state index contributed by atoms with van der Waals surface area (Å²) in [4.78, 5) is 29.5. The molecule has 5 rings (SSSR count). The van der Waals surface area contributed by atoms with E-state index in [1.807, 2.05) is 54.7 Å². The number of allylic oxidation sites excluding steroid dienone is 1. The second kappa shape index (κ2) is 10.8. The summed E-state index contributed by atoms with van der Waals surface area (Å²) >= 11 is 0. The molecule has 1 amide bonds. The second-order valence-electron chi connectivity index (χ2n) is 8.89. The van der Waals surface area contributed by atoms with Crippen LogP contribution in [0.1, 0.15) is 40.7 Å². The van der Waals surface area contributed by atoms with Crippen LogP contribution in [-0.2, 0) is 27.5 Å². The number of anilines is 1. The number of nitrogens with zero attached hydrogens (tertiary/aromatic N) is 2. The van der Waals surface area contributed by atoms with Gasteiger partial charge >= 0.3 is 0 Å². The maximum Gasteiger partial charge on any atom is 0.290 e. The minimum Gasteiger partial charge on any atom is -0.459 e. The number of hydrogen-bond donors (Lipinski definition) is 2. The minimum atomic E-state index is -0.693. The normalized spacial score (nSPS) is 17.2. The predicted octanol–water partition coefficient (Wildman–Crippen LogP) is 4.76. The van der Waals surface area contributed by atoms with Gasteiger partial charge in [0.05, 0.1) is 30.6 Å². The number of benzene rings is 2. The van der Waals surface area contributed by atoms with Gasteiger partial charge in [-0.25, -0.2) is 0 Å². The van der Waals surface area contributed by atoms with Crippen LogP contribution >= 0.6 is 0 Å². The first-order chi connectivity index (χ1) is 18.0. The molecule has 0 spiro atoms. The number of carbonyl (C=O) groups is 2. The highest BCUT2D eigenvalue weighted by atomic mass is 16.7. The Kier molecular flexibility index (Phi) is 7.11. The van der Waals surface area contributed by atoms with Crippen molar-refractivity contribution >= 4 is 28.4 Å². The predicted molar refractivity (Wildman–Crippen MR) is 139 cm³/mol. The Hall–Kier alpha value is -4.27. The largest absolute Gasteiger partial charge is 0.459 e. The number of amides is 1. The lowest BCUT2D eigenvalue weighted by Crippen LogP contribution is -2.29. The van der Waals surface area contributed by atoms with E-state index in [0.717, 1.165) is 27.6 Å². The van der Waals surface area contributed by atoms with Gasteiger partial charge in [0.15, 0.2) is 5.76 Å². The van der Waals surface area contributed by atoms with Gasteiger partial charge in [-0.05, 0) is 41.0 Å². The van der Waals surface area contributed by atoms with Gasteiger partial charge < -0.3 is 19.9 Å². The molecular weight excluding hydrogens is 470 g/mol. The quantitative estimate of drug-likeness (QED) is 0.382. The van der Waals surface area contributed by atoms with Crippen LogP contribution in [0.4, 0.5) is 5.69 Å². The molecule has 0 aliphatic carbocycles. The third-order valence-electron chi connectivity index (χ3n) is 6.32. The van der Waals surface area contributed by atoms with Gasteiger partial charge in [0.2, 0.25) is 12.2 Å². The van der Waals surface area contributed by atoms with E-state index in [1.165, 1.54) is 6.92 Å². The third kappa shape index (κ3) is 5.45. The summed E-state index contributed by atoms with van der Waals surface area (Å²) in [5.74, 6) is -0.586. The zero-order chi connectivity index (χ0) is 25.8. The molecule has 2 atom stereocenters. The maximum atomic E-state index is 13.1. The highest BCUT2D eigenvalue weighted by Crippen LogP contribution is 2.37. The number of pyridine rings is 1. The average molecular weight is 498 g/mol. The zero-order valence-electron chi connectivity index (χ0n) is 20.3. The topological polar surface area (TPSA) is 103 Å². The average Bonchev–Trinajstić information content (AvgIpc) is 3.33. The molecule has 0 radical (unpaired) electrons. The van der Waals surface area contributed by atoms with Crippen LogP contribution in [0.3, 0.4) is 0 Å². The van der Waals surface area contributed by atoms with Crippen LogP contribution in [-0.4, -0.2) is 32.8 Å². The van der Waals surface area contributed by atoms with Gasteiger partial charge in [0.25, 0.3) is 5.91 Å². The first-order valence-electron chi connectivity index (χ1n) is 12.0. The van der Waals surface area contributed by atoms with Crippen LogP contribution in [0.5, 0.6) is 0 Å². The summed E-state index contributed by atoms with van der Waals surface area (Å²) in [6.07, 6.45) is 6.58. The molecular formula is C29H27N3O5. The van der Waals surface area contributed by atoms with Crippen LogP contribution in [0.25, 0.3) is 10.9 Å². The Morgan fingerprint density at radius 1 is 1.11 bits per heavy atom. The van der Waals surface area contributed by atoms with E-state index in [9.17, 15) is 14.7 Å². The fourth-order valence-corrected chi connectivity index (χ4v) is 4.46. The van der Waals surface area contributed by atoms with Gasteiger partial charge in [-0.3, -0.25) is 19.1 Å². The number of nitrogens with one attached hydrogen (secondary N) is 1. The van der Waals surface area contributed by atoms with E-state index in [4.69, 9.17) is 9.47 Å². The molecule has 0 saturated carbocycles. The summed E-state index contributed by atoms with van der Waals surface area (Å²) in [6, 6.07) is 18.6. The summed E-state index contributed by atoms with van der Waals surface area (Å²) in [5.41, 5.74) is 4.02. The lowest BCUT2D eigenvalue weighted by Gasteiger charge is -2.29. The molecule has 0 fully saturated rings. The zero-order valence-corrected chi connectivity index (χ0v) is 20.3. The smallest absolute Gasteiger partial charge is 0.290 e. The molecule has 4 aromatic rings. The molecule has 0 bridgehead atoms. The van der Waals surface area contributed by atoms with E-state index >= 15 is 0 Å². The number of rotatable bonds is 7. The number of carbonyl (C=O) groups excluding carboxylic acids is 2. The molecule has 1 aliphatic heterocycles. The molecule has 8 nitrogen and oxygen atoms in total. The molecule has 0 unspecified atom stereocenters. The maximum absolute atomic E-state index is 13.1. The number of ether oxygens (including phenoxy) is 2. The molecule has 1 aliphatic rings. The van der Waals surface area contributed by atoms with Crippen LogP contribution in [0.2, 0.25) is 0 Å². The number of hydrogen-bond acceptors (Lipinski definition) is 6. The first-order valence-corrected chi connectivity index (χ1v) is 12.0. The number of fused-ring (bicyclic) bond motifs is 1. The van der Waals surface area contributed by atoms with Crippen molar-refractivity contribution < 1.29 is 24.2 Å². The van der Waals surface area contributed by atoms with Crippen molar-refractivity contribution in [3.8, 4) is 0 Å². The molecule has 0 saturated heterocycles. The Bertz CT molecular complexity index is 1440.